The molecule has 3 rings (SSSR count). The number of benzene rings is 1. The zero-order valence-electron chi connectivity index (χ0n) is 8.89. The SMILES string of the molecule is NC1CC(N)([C@H]2C[C@H]2c2ccccc2)C1. The molecule has 1 aromatic carbocycles. The monoisotopic (exact) mass is 202 g/mol. The second kappa shape index (κ2) is 3.06. The summed E-state index contributed by atoms with van der Waals surface area (Å²) < 4.78 is 0. The molecule has 2 aliphatic carbocycles. The second-order valence-electron chi connectivity index (χ2n) is 5.26. The third kappa shape index (κ3) is 1.48. The highest BCUT2D eigenvalue weighted by molar-refractivity contribution is 5.29. The van der Waals surface area contributed by atoms with Gasteiger partial charge in [-0.05, 0) is 36.7 Å². The summed E-state index contributed by atoms with van der Waals surface area (Å²) in [6.07, 6.45) is 3.29. The van der Waals surface area contributed by atoms with Crippen molar-refractivity contribution in [3.63, 3.8) is 0 Å². The summed E-state index contributed by atoms with van der Waals surface area (Å²) in [5, 5.41) is 0. The fourth-order valence-corrected chi connectivity index (χ4v) is 3.12. The lowest BCUT2D eigenvalue weighted by Crippen LogP contribution is -2.59. The van der Waals surface area contributed by atoms with Crippen LogP contribution in [-0.4, -0.2) is 11.6 Å². The molecule has 2 saturated carbocycles. The Morgan fingerprint density at radius 3 is 2.40 bits per heavy atom. The van der Waals surface area contributed by atoms with Gasteiger partial charge in [0.1, 0.15) is 0 Å². The van der Waals surface area contributed by atoms with Crippen LogP contribution in [0.3, 0.4) is 0 Å². The summed E-state index contributed by atoms with van der Waals surface area (Å²) >= 11 is 0. The molecule has 0 saturated heterocycles. The minimum absolute atomic E-state index is 0.0555. The molecule has 15 heavy (non-hydrogen) atoms. The maximum Gasteiger partial charge on any atom is 0.0218 e. The molecule has 0 bridgehead atoms. The number of rotatable bonds is 2. The topological polar surface area (TPSA) is 52.0 Å². The lowest BCUT2D eigenvalue weighted by molar-refractivity contribution is 0.176. The predicted octanol–water partition coefficient (Wildman–Crippen LogP) is 1.61. The molecule has 2 aliphatic rings. The van der Waals surface area contributed by atoms with Crippen LogP contribution in [0.1, 0.15) is 30.7 Å². The van der Waals surface area contributed by atoms with Crippen molar-refractivity contribution in [2.45, 2.75) is 36.8 Å². The predicted molar refractivity (Wildman–Crippen MR) is 61.4 cm³/mol. The molecule has 1 aromatic rings. The van der Waals surface area contributed by atoms with Crippen LogP contribution in [0.2, 0.25) is 0 Å². The Bertz CT molecular complexity index is 354. The third-order valence-electron chi connectivity index (χ3n) is 4.04. The van der Waals surface area contributed by atoms with Crippen molar-refractivity contribution in [1.29, 1.82) is 0 Å². The highest BCUT2D eigenvalue weighted by Gasteiger charge is 2.55. The van der Waals surface area contributed by atoms with E-state index in [9.17, 15) is 0 Å². The summed E-state index contributed by atoms with van der Waals surface area (Å²) in [7, 11) is 0. The maximum atomic E-state index is 6.35. The Labute approximate surface area is 90.7 Å². The first kappa shape index (κ1) is 9.37. The molecule has 80 valence electrons. The van der Waals surface area contributed by atoms with Crippen LogP contribution in [0.5, 0.6) is 0 Å². The van der Waals surface area contributed by atoms with Gasteiger partial charge in [0, 0.05) is 11.6 Å². The van der Waals surface area contributed by atoms with Gasteiger partial charge in [0.2, 0.25) is 0 Å². The molecular formula is C13H18N2. The van der Waals surface area contributed by atoms with Crippen molar-refractivity contribution in [3.05, 3.63) is 35.9 Å². The molecule has 0 amide bonds. The van der Waals surface area contributed by atoms with Crippen LogP contribution in [0.25, 0.3) is 0 Å². The van der Waals surface area contributed by atoms with Gasteiger partial charge in [0.05, 0.1) is 0 Å². The van der Waals surface area contributed by atoms with Gasteiger partial charge in [-0.25, -0.2) is 0 Å². The van der Waals surface area contributed by atoms with Crippen LogP contribution >= 0.6 is 0 Å². The summed E-state index contributed by atoms with van der Waals surface area (Å²) in [6.45, 7) is 0. The highest BCUT2D eigenvalue weighted by atomic mass is 14.9. The second-order valence-corrected chi connectivity index (χ2v) is 5.26. The quantitative estimate of drug-likeness (QED) is 0.765. The largest absolute Gasteiger partial charge is 0.328 e. The third-order valence-corrected chi connectivity index (χ3v) is 4.04. The van der Waals surface area contributed by atoms with Gasteiger partial charge >= 0.3 is 0 Å². The van der Waals surface area contributed by atoms with E-state index in [0.29, 0.717) is 17.9 Å². The zero-order valence-corrected chi connectivity index (χ0v) is 8.89. The lowest BCUT2D eigenvalue weighted by Gasteiger charge is -2.44. The number of hydrogen-bond donors (Lipinski definition) is 2. The molecule has 0 radical (unpaired) electrons. The molecule has 2 nitrogen and oxygen atoms in total. The van der Waals surface area contributed by atoms with Crippen LogP contribution in [-0.2, 0) is 0 Å². The van der Waals surface area contributed by atoms with Crippen molar-refractivity contribution in [3.8, 4) is 0 Å². The highest BCUT2D eigenvalue weighted by Crippen LogP contribution is 2.57. The Morgan fingerprint density at radius 1 is 1.13 bits per heavy atom. The minimum Gasteiger partial charge on any atom is -0.328 e. The molecule has 0 unspecified atom stereocenters. The Hall–Kier alpha value is -0.860. The molecule has 0 aliphatic heterocycles. The van der Waals surface area contributed by atoms with E-state index in [2.05, 4.69) is 30.3 Å². The van der Waals surface area contributed by atoms with Gasteiger partial charge in [0.15, 0.2) is 0 Å². The molecule has 2 heteroatoms. The normalized spacial score (nSPS) is 43.5. The summed E-state index contributed by atoms with van der Waals surface area (Å²) in [4.78, 5) is 0. The average Bonchev–Trinajstić information content (AvgIpc) is 2.97. The summed E-state index contributed by atoms with van der Waals surface area (Å²) in [5.41, 5.74) is 13.7. The Kier molecular flexibility index (Phi) is 1.91. The van der Waals surface area contributed by atoms with Crippen molar-refractivity contribution in [1.82, 2.24) is 0 Å². The molecule has 2 fully saturated rings. The zero-order chi connectivity index (χ0) is 10.5. The van der Waals surface area contributed by atoms with Crippen molar-refractivity contribution < 1.29 is 0 Å². The van der Waals surface area contributed by atoms with Gasteiger partial charge in [-0.15, -0.1) is 0 Å². The molecular weight excluding hydrogens is 184 g/mol. The van der Waals surface area contributed by atoms with Crippen molar-refractivity contribution in [2.24, 2.45) is 17.4 Å². The number of nitrogens with two attached hydrogens (primary N) is 2. The average molecular weight is 202 g/mol. The van der Waals surface area contributed by atoms with Gasteiger partial charge < -0.3 is 11.5 Å². The van der Waals surface area contributed by atoms with Crippen LogP contribution in [0, 0.1) is 5.92 Å². The molecule has 2 atom stereocenters. The molecule has 4 N–H and O–H groups in total. The van der Waals surface area contributed by atoms with E-state index in [4.69, 9.17) is 11.5 Å². The van der Waals surface area contributed by atoms with Gasteiger partial charge in [0.25, 0.3) is 0 Å². The van der Waals surface area contributed by atoms with Gasteiger partial charge in [-0.1, -0.05) is 30.3 Å². The van der Waals surface area contributed by atoms with Gasteiger partial charge in [-0.2, -0.15) is 0 Å². The maximum absolute atomic E-state index is 6.35. The Morgan fingerprint density at radius 2 is 1.80 bits per heavy atom. The smallest absolute Gasteiger partial charge is 0.0218 e. The molecule has 0 heterocycles. The van der Waals surface area contributed by atoms with E-state index in [0.717, 1.165) is 12.8 Å². The minimum atomic E-state index is 0.0555. The van der Waals surface area contributed by atoms with Crippen molar-refractivity contribution in [2.75, 3.05) is 0 Å². The van der Waals surface area contributed by atoms with E-state index in [-0.39, 0.29) is 5.54 Å². The summed E-state index contributed by atoms with van der Waals surface area (Å²) in [5.74, 6) is 1.38. The van der Waals surface area contributed by atoms with E-state index < -0.39 is 0 Å². The van der Waals surface area contributed by atoms with E-state index >= 15 is 0 Å². The van der Waals surface area contributed by atoms with Crippen molar-refractivity contribution >= 4 is 0 Å². The first-order valence-electron chi connectivity index (χ1n) is 5.78. The standard InChI is InChI=1S/C13H18N2/c14-10-7-13(15,8-10)12-6-11(12)9-4-2-1-3-5-9/h1-5,10-12H,6-8,14-15H2/t10?,11-,12-,13?/m0/s1. The van der Waals surface area contributed by atoms with E-state index in [1.807, 2.05) is 0 Å². The van der Waals surface area contributed by atoms with Crippen LogP contribution in [0.15, 0.2) is 30.3 Å². The molecule has 0 spiro atoms. The molecule has 0 aromatic heterocycles. The van der Waals surface area contributed by atoms with Crippen LogP contribution in [0.4, 0.5) is 0 Å². The van der Waals surface area contributed by atoms with Gasteiger partial charge in [-0.3, -0.25) is 0 Å². The number of hydrogen-bond acceptors (Lipinski definition) is 2. The fourth-order valence-electron chi connectivity index (χ4n) is 3.12. The first-order valence-corrected chi connectivity index (χ1v) is 5.78. The first-order chi connectivity index (χ1) is 7.19. The lowest BCUT2D eigenvalue weighted by atomic mass is 9.70. The fraction of sp³-hybridized carbons (Fsp3) is 0.538. The van der Waals surface area contributed by atoms with E-state index in [1.165, 1.54) is 12.0 Å². The summed E-state index contributed by atoms with van der Waals surface area (Å²) in [6, 6.07) is 11.1. The van der Waals surface area contributed by atoms with Crippen LogP contribution < -0.4 is 11.5 Å². The van der Waals surface area contributed by atoms with E-state index in [1.54, 1.807) is 0 Å². The Balaban J connectivity index is 1.70.